The van der Waals surface area contributed by atoms with E-state index in [2.05, 4.69) is 45.5 Å². The maximum atomic E-state index is 9.56. The molecular weight excluding hydrogens is 424 g/mol. The molecule has 0 amide bonds. The van der Waals surface area contributed by atoms with Gasteiger partial charge in [0.1, 0.15) is 28.4 Å². The summed E-state index contributed by atoms with van der Waals surface area (Å²) in [5, 5.41) is 29.9. The molecule has 4 rings (SSSR count). The van der Waals surface area contributed by atoms with Crippen LogP contribution in [0.4, 0.5) is 0 Å². The number of aromatic amines is 1. The van der Waals surface area contributed by atoms with Gasteiger partial charge in [0.15, 0.2) is 5.69 Å². The Morgan fingerprint density at radius 2 is 1.88 bits per heavy atom. The lowest BCUT2D eigenvalue weighted by Gasteiger charge is -2.11. The van der Waals surface area contributed by atoms with Crippen molar-refractivity contribution in [1.29, 1.82) is 5.26 Å². The van der Waals surface area contributed by atoms with E-state index < -0.39 is 0 Å². The SMILES string of the molecule is CCCCc1nc(CO)c(Cl)n1Cc1ccc(-c2ccccc2-c2nn[nH]c2C#N)cc1. The molecule has 162 valence electrons. The van der Waals surface area contributed by atoms with Crippen LogP contribution in [-0.2, 0) is 19.6 Å². The first kappa shape index (κ1) is 21.8. The first-order valence-electron chi connectivity index (χ1n) is 10.5. The lowest BCUT2D eigenvalue weighted by molar-refractivity contribution is 0.277. The Morgan fingerprint density at radius 3 is 2.56 bits per heavy atom. The van der Waals surface area contributed by atoms with E-state index in [1.165, 1.54) is 0 Å². The molecule has 0 spiro atoms. The Bertz CT molecular complexity index is 1250. The standard InChI is InChI=1S/C24H23ClN6O/c1-2-3-8-22-27-21(15-32)24(25)31(22)14-16-9-11-17(12-10-16)18-6-4-5-7-19(18)23-20(13-26)28-30-29-23/h4-7,9-12,32H,2-3,8,14-15H2,1H3,(H,28,29,30). The zero-order valence-electron chi connectivity index (χ0n) is 17.7. The highest BCUT2D eigenvalue weighted by Crippen LogP contribution is 2.32. The molecule has 32 heavy (non-hydrogen) atoms. The average molecular weight is 447 g/mol. The minimum absolute atomic E-state index is 0.173. The molecule has 2 N–H and O–H groups in total. The monoisotopic (exact) mass is 446 g/mol. The Balaban J connectivity index is 1.64. The maximum Gasteiger partial charge on any atom is 0.163 e. The number of rotatable bonds is 8. The Morgan fingerprint density at radius 1 is 1.12 bits per heavy atom. The quantitative estimate of drug-likeness (QED) is 0.406. The number of aryl methyl sites for hydroxylation is 1. The first-order valence-corrected chi connectivity index (χ1v) is 10.9. The lowest BCUT2D eigenvalue weighted by atomic mass is 9.96. The molecule has 0 radical (unpaired) electrons. The molecule has 0 bridgehead atoms. The van der Waals surface area contributed by atoms with Crippen LogP contribution >= 0.6 is 11.6 Å². The number of H-pyrrole nitrogens is 1. The number of aromatic nitrogens is 5. The zero-order chi connectivity index (χ0) is 22.5. The largest absolute Gasteiger partial charge is 0.390 e. The van der Waals surface area contributed by atoms with Gasteiger partial charge < -0.3 is 9.67 Å². The number of hydrogen-bond donors (Lipinski definition) is 2. The van der Waals surface area contributed by atoms with Crippen LogP contribution in [0.25, 0.3) is 22.4 Å². The van der Waals surface area contributed by atoms with Gasteiger partial charge in [-0.2, -0.15) is 5.26 Å². The van der Waals surface area contributed by atoms with Crippen LogP contribution in [0, 0.1) is 11.3 Å². The van der Waals surface area contributed by atoms with Gasteiger partial charge >= 0.3 is 0 Å². The number of aliphatic hydroxyl groups is 1. The van der Waals surface area contributed by atoms with Crippen molar-refractivity contribution in [3.63, 3.8) is 0 Å². The number of imidazole rings is 1. The topological polar surface area (TPSA) is 103 Å². The highest BCUT2D eigenvalue weighted by molar-refractivity contribution is 6.30. The minimum atomic E-state index is -0.173. The smallest absolute Gasteiger partial charge is 0.163 e. The molecule has 2 heterocycles. The second kappa shape index (κ2) is 9.77. The van der Waals surface area contributed by atoms with E-state index in [0.29, 0.717) is 28.8 Å². The molecule has 0 saturated carbocycles. The fourth-order valence-corrected chi connectivity index (χ4v) is 3.99. The van der Waals surface area contributed by atoms with Crippen molar-refractivity contribution in [3.05, 3.63) is 76.5 Å². The maximum absolute atomic E-state index is 9.56. The number of unbranched alkanes of at least 4 members (excludes halogenated alkanes) is 1. The second-order valence-electron chi connectivity index (χ2n) is 7.50. The normalized spacial score (nSPS) is 10.9. The van der Waals surface area contributed by atoms with E-state index in [4.69, 9.17) is 11.6 Å². The van der Waals surface area contributed by atoms with Crippen molar-refractivity contribution in [2.45, 2.75) is 39.3 Å². The van der Waals surface area contributed by atoms with Crippen LogP contribution in [-0.4, -0.2) is 30.1 Å². The van der Waals surface area contributed by atoms with Gasteiger partial charge in [-0.05, 0) is 23.1 Å². The van der Waals surface area contributed by atoms with Crippen molar-refractivity contribution < 1.29 is 5.11 Å². The van der Waals surface area contributed by atoms with Crippen molar-refractivity contribution in [1.82, 2.24) is 25.0 Å². The highest BCUT2D eigenvalue weighted by Gasteiger charge is 2.16. The third-order valence-electron chi connectivity index (χ3n) is 5.40. The molecule has 0 aliphatic rings. The number of aliphatic hydroxyl groups excluding tert-OH is 1. The van der Waals surface area contributed by atoms with Gasteiger partial charge in [-0.25, -0.2) is 10.1 Å². The molecule has 4 aromatic rings. The van der Waals surface area contributed by atoms with E-state index in [0.717, 1.165) is 47.3 Å². The summed E-state index contributed by atoms with van der Waals surface area (Å²) >= 11 is 6.49. The molecule has 0 fully saturated rings. The first-order chi connectivity index (χ1) is 15.7. The van der Waals surface area contributed by atoms with Crippen LogP contribution in [0.3, 0.4) is 0 Å². The van der Waals surface area contributed by atoms with Gasteiger partial charge in [-0.3, -0.25) is 0 Å². The van der Waals surface area contributed by atoms with E-state index in [-0.39, 0.29) is 6.61 Å². The number of nitrogens with zero attached hydrogens (tertiary/aromatic N) is 5. The predicted octanol–water partition coefficient (Wildman–Crippen LogP) is 4.74. The summed E-state index contributed by atoms with van der Waals surface area (Å²) in [7, 11) is 0. The fourth-order valence-electron chi connectivity index (χ4n) is 3.73. The van der Waals surface area contributed by atoms with Crippen LogP contribution in [0.15, 0.2) is 48.5 Å². The van der Waals surface area contributed by atoms with Crippen LogP contribution in [0.5, 0.6) is 0 Å². The molecule has 0 unspecified atom stereocenters. The fraction of sp³-hybridized carbons (Fsp3) is 0.250. The molecule has 8 heteroatoms. The summed E-state index contributed by atoms with van der Waals surface area (Å²) in [4.78, 5) is 4.52. The summed E-state index contributed by atoms with van der Waals surface area (Å²) in [5.41, 5.74) is 5.29. The molecule has 0 saturated heterocycles. The third-order valence-corrected chi connectivity index (χ3v) is 5.82. The molecular formula is C24H23ClN6O. The van der Waals surface area contributed by atoms with E-state index in [1.807, 2.05) is 41.0 Å². The number of nitriles is 1. The summed E-state index contributed by atoms with van der Waals surface area (Å²) in [5.74, 6) is 0.894. The molecule has 0 atom stereocenters. The summed E-state index contributed by atoms with van der Waals surface area (Å²) < 4.78 is 1.97. The Hall–Kier alpha value is -3.47. The number of benzene rings is 2. The molecule has 0 aliphatic heterocycles. The number of nitrogens with one attached hydrogen (secondary N) is 1. The number of hydrogen-bond acceptors (Lipinski definition) is 5. The molecule has 2 aromatic carbocycles. The van der Waals surface area contributed by atoms with Crippen molar-refractivity contribution in [2.75, 3.05) is 0 Å². The average Bonchev–Trinajstić information content (AvgIpc) is 3.43. The van der Waals surface area contributed by atoms with Crippen LogP contribution < -0.4 is 0 Å². The van der Waals surface area contributed by atoms with Gasteiger partial charge in [0.05, 0.1) is 13.2 Å². The van der Waals surface area contributed by atoms with Crippen LogP contribution in [0.2, 0.25) is 5.15 Å². The molecule has 2 aromatic heterocycles. The summed E-state index contributed by atoms with van der Waals surface area (Å²) in [6, 6.07) is 18.1. The van der Waals surface area contributed by atoms with E-state index in [1.54, 1.807) is 0 Å². The second-order valence-corrected chi connectivity index (χ2v) is 7.86. The summed E-state index contributed by atoms with van der Waals surface area (Å²) in [6.07, 6.45) is 2.90. The van der Waals surface area contributed by atoms with Gasteiger partial charge in [0, 0.05) is 12.0 Å². The highest BCUT2D eigenvalue weighted by atomic mass is 35.5. The van der Waals surface area contributed by atoms with Gasteiger partial charge in [0.25, 0.3) is 0 Å². The van der Waals surface area contributed by atoms with Gasteiger partial charge in [-0.15, -0.1) is 5.10 Å². The third kappa shape index (κ3) is 4.28. The minimum Gasteiger partial charge on any atom is -0.390 e. The molecule has 0 aliphatic carbocycles. The van der Waals surface area contributed by atoms with E-state index in [9.17, 15) is 10.4 Å². The van der Waals surface area contributed by atoms with Crippen molar-refractivity contribution in [3.8, 4) is 28.5 Å². The number of halogens is 1. The van der Waals surface area contributed by atoms with Crippen LogP contribution in [0.1, 0.15) is 42.5 Å². The lowest BCUT2D eigenvalue weighted by Crippen LogP contribution is -2.05. The van der Waals surface area contributed by atoms with Crippen molar-refractivity contribution in [2.24, 2.45) is 0 Å². The van der Waals surface area contributed by atoms with E-state index >= 15 is 0 Å². The van der Waals surface area contributed by atoms with Gasteiger partial charge in [-0.1, -0.05) is 78.7 Å². The zero-order valence-corrected chi connectivity index (χ0v) is 18.5. The summed E-state index contributed by atoms with van der Waals surface area (Å²) in [6.45, 7) is 2.54. The Kier molecular flexibility index (Phi) is 6.64. The van der Waals surface area contributed by atoms with Gasteiger partial charge in [0.2, 0.25) is 0 Å². The predicted molar refractivity (Wildman–Crippen MR) is 123 cm³/mol. The molecule has 7 nitrogen and oxygen atoms in total. The van der Waals surface area contributed by atoms with Crippen molar-refractivity contribution >= 4 is 11.6 Å². The Labute approximate surface area is 191 Å².